The van der Waals surface area contributed by atoms with E-state index in [1.807, 2.05) is 30.3 Å². The van der Waals surface area contributed by atoms with Crippen molar-refractivity contribution >= 4 is 5.91 Å². The number of likely N-dealkylation sites (tertiary alicyclic amines) is 2. The van der Waals surface area contributed by atoms with Crippen LogP contribution in [0.1, 0.15) is 38.4 Å². The van der Waals surface area contributed by atoms with Crippen molar-refractivity contribution in [2.75, 3.05) is 13.1 Å². The summed E-state index contributed by atoms with van der Waals surface area (Å²) in [6.45, 7) is 4.29. The number of hydrogen-bond donors (Lipinski definition) is 0. The molecule has 2 fully saturated rings. The van der Waals surface area contributed by atoms with Crippen molar-refractivity contribution in [2.45, 2.75) is 51.2 Å². The van der Waals surface area contributed by atoms with Crippen LogP contribution in [0.15, 0.2) is 34.9 Å². The number of hydrogen-bond acceptors (Lipinski definition) is 5. The molecule has 6 nitrogen and oxygen atoms in total. The number of carbonyl (C=O) groups excluding carboxylic acids is 1. The number of benzene rings is 1. The fourth-order valence-electron chi connectivity index (χ4n) is 4.27. The Bertz CT molecular complexity index is 730. The Kier molecular flexibility index (Phi) is 4.53. The molecule has 2 aliphatic rings. The molecule has 4 rings (SSSR count). The van der Waals surface area contributed by atoms with E-state index in [2.05, 4.69) is 19.9 Å². The highest BCUT2D eigenvalue weighted by Crippen LogP contribution is 2.31. The van der Waals surface area contributed by atoms with Gasteiger partial charge < -0.3 is 9.42 Å². The van der Waals surface area contributed by atoms with Gasteiger partial charge in [0.25, 0.3) is 5.89 Å². The van der Waals surface area contributed by atoms with E-state index in [0.29, 0.717) is 24.5 Å². The van der Waals surface area contributed by atoms with E-state index in [1.54, 1.807) is 6.92 Å². The van der Waals surface area contributed by atoms with Gasteiger partial charge in [-0.2, -0.15) is 4.98 Å². The molecule has 0 radical (unpaired) electrons. The van der Waals surface area contributed by atoms with E-state index < -0.39 is 0 Å². The van der Waals surface area contributed by atoms with Crippen LogP contribution in [-0.2, 0) is 11.3 Å². The molecule has 0 N–H and O–H groups in total. The normalized spacial score (nSPS) is 24.1. The Morgan fingerprint density at radius 2 is 1.92 bits per heavy atom. The molecule has 2 saturated heterocycles. The second-order valence-electron chi connectivity index (χ2n) is 6.98. The monoisotopic (exact) mass is 340 g/mol. The zero-order chi connectivity index (χ0) is 17.2. The first-order valence-electron chi connectivity index (χ1n) is 9.11. The molecule has 6 heteroatoms. The van der Waals surface area contributed by atoms with Crippen LogP contribution in [0.25, 0.3) is 11.5 Å². The molecule has 0 spiro atoms. The molecule has 2 aliphatic heterocycles. The first-order valence-corrected chi connectivity index (χ1v) is 9.11. The van der Waals surface area contributed by atoms with Crippen LogP contribution in [-0.4, -0.2) is 51.0 Å². The zero-order valence-electron chi connectivity index (χ0n) is 14.6. The van der Waals surface area contributed by atoms with Crippen LogP contribution in [0.4, 0.5) is 0 Å². The summed E-state index contributed by atoms with van der Waals surface area (Å²) in [5.41, 5.74) is 0.942. The predicted molar refractivity (Wildman–Crippen MR) is 93.6 cm³/mol. The Labute approximate surface area is 147 Å². The lowest BCUT2D eigenvalue weighted by Crippen LogP contribution is -2.47. The second kappa shape index (κ2) is 6.96. The molecular weight excluding hydrogens is 316 g/mol. The minimum atomic E-state index is 0.195. The van der Waals surface area contributed by atoms with E-state index in [-0.39, 0.29) is 5.91 Å². The maximum Gasteiger partial charge on any atom is 0.257 e. The molecule has 1 amide bonds. The van der Waals surface area contributed by atoms with Gasteiger partial charge in [-0.15, -0.1) is 0 Å². The molecule has 0 saturated carbocycles. The minimum Gasteiger partial charge on any atom is -0.338 e. The van der Waals surface area contributed by atoms with E-state index in [4.69, 9.17) is 4.52 Å². The number of carbonyl (C=O) groups is 1. The number of aromatic nitrogens is 2. The number of nitrogens with zero attached hydrogens (tertiary/aromatic N) is 4. The highest BCUT2D eigenvalue weighted by molar-refractivity contribution is 5.74. The van der Waals surface area contributed by atoms with Gasteiger partial charge in [-0.05, 0) is 44.4 Å². The average molecular weight is 340 g/mol. The molecule has 0 bridgehead atoms. The maximum absolute atomic E-state index is 11.9. The molecule has 3 heterocycles. The lowest BCUT2D eigenvalue weighted by Gasteiger charge is -2.34. The molecule has 1 aromatic heterocycles. The second-order valence-corrected chi connectivity index (χ2v) is 6.98. The lowest BCUT2D eigenvalue weighted by atomic mass is 10.0. The van der Waals surface area contributed by atoms with Gasteiger partial charge in [-0.3, -0.25) is 9.69 Å². The first-order chi connectivity index (χ1) is 12.2. The average Bonchev–Trinajstić information content (AvgIpc) is 3.36. The highest BCUT2D eigenvalue weighted by atomic mass is 16.5. The van der Waals surface area contributed by atoms with Gasteiger partial charge in [0.05, 0.1) is 6.54 Å². The van der Waals surface area contributed by atoms with E-state index in [9.17, 15) is 4.79 Å². The van der Waals surface area contributed by atoms with Crippen LogP contribution < -0.4 is 0 Å². The van der Waals surface area contributed by atoms with Gasteiger partial charge in [-0.1, -0.05) is 23.4 Å². The summed E-state index contributed by atoms with van der Waals surface area (Å²) in [5, 5.41) is 4.16. The third-order valence-corrected chi connectivity index (χ3v) is 5.40. The third kappa shape index (κ3) is 3.31. The predicted octanol–water partition coefficient (Wildman–Crippen LogP) is 2.71. The third-order valence-electron chi connectivity index (χ3n) is 5.40. The van der Waals surface area contributed by atoms with Gasteiger partial charge in [0.15, 0.2) is 5.82 Å². The summed E-state index contributed by atoms with van der Waals surface area (Å²) >= 11 is 0. The summed E-state index contributed by atoms with van der Waals surface area (Å²) in [7, 11) is 0. The van der Waals surface area contributed by atoms with Crippen LogP contribution in [0.3, 0.4) is 0 Å². The summed E-state index contributed by atoms with van der Waals surface area (Å²) in [6.07, 6.45) is 4.51. The lowest BCUT2D eigenvalue weighted by molar-refractivity contribution is -0.130. The van der Waals surface area contributed by atoms with Crippen molar-refractivity contribution in [3.05, 3.63) is 36.2 Å². The van der Waals surface area contributed by atoms with Gasteiger partial charge in [0.2, 0.25) is 5.91 Å². The molecule has 2 aromatic rings. The quantitative estimate of drug-likeness (QED) is 0.856. The smallest absolute Gasteiger partial charge is 0.257 e. The molecule has 0 aliphatic carbocycles. The fraction of sp³-hybridized carbons (Fsp3) is 0.526. The summed E-state index contributed by atoms with van der Waals surface area (Å²) in [4.78, 5) is 20.9. The van der Waals surface area contributed by atoms with Crippen molar-refractivity contribution < 1.29 is 9.32 Å². The molecule has 0 unspecified atom stereocenters. The summed E-state index contributed by atoms with van der Waals surface area (Å²) < 4.78 is 5.43. The molecule has 2 atom stereocenters. The molecule has 132 valence electrons. The van der Waals surface area contributed by atoms with E-state index in [0.717, 1.165) is 50.2 Å². The SMILES string of the molecule is CC(=O)N1CCC[C@H]1[C@@H]1CCCN1Cc1noc(-c2ccccc2)n1. The van der Waals surface area contributed by atoms with Crippen LogP contribution >= 0.6 is 0 Å². The summed E-state index contributed by atoms with van der Waals surface area (Å²) in [5.74, 6) is 1.48. The topological polar surface area (TPSA) is 62.5 Å². The molecule has 1 aromatic carbocycles. The zero-order valence-corrected chi connectivity index (χ0v) is 14.6. The Hall–Kier alpha value is -2.21. The van der Waals surface area contributed by atoms with Crippen LogP contribution in [0.2, 0.25) is 0 Å². The molecule has 25 heavy (non-hydrogen) atoms. The van der Waals surface area contributed by atoms with Gasteiger partial charge in [0.1, 0.15) is 0 Å². The summed E-state index contributed by atoms with van der Waals surface area (Å²) in [6, 6.07) is 10.6. The largest absolute Gasteiger partial charge is 0.338 e. The van der Waals surface area contributed by atoms with Crippen LogP contribution in [0.5, 0.6) is 0 Å². The van der Waals surface area contributed by atoms with Crippen molar-refractivity contribution in [3.63, 3.8) is 0 Å². The minimum absolute atomic E-state index is 0.195. The Balaban J connectivity index is 1.47. The van der Waals surface area contributed by atoms with Gasteiger partial charge >= 0.3 is 0 Å². The van der Waals surface area contributed by atoms with Gasteiger partial charge in [0, 0.05) is 31.1 Å². The standard InChI is InChI=1S/C19H24N4O2/c1-14(24)23-12-6-10-17(23)16-9-5-11-22(16)13-18-20-19(25-21-18)15-7-3-2-4-8-15/h2-4,7-8,16-17H,5-6,9-13H2,1H3/t16-,17-/m0/s1. The van der Waals surface area contributed by atoms with E-state index >= 15 is 0 Å². The van der Waals surface area contributed by atoms with E-state index in [1.165, 1.54) is 0 Å². The van der Waals surface area contributed by atoms with Crippen LogP contribution in [0, 0.1) is 0 Å². The van der Waals surface area contributed by atoms with Crippen molar-refractivity contribution in [2.24, 2.45) is 0 Å². The number of amides is 1. The number of rotatable bonds is 4. The molecular formula is C19H24N4O2. The van der Waals surface area contributed by atoms with Crippen molar-refractivity contribution in [3.8, 4) is 11.5 Å². The highest BCUT2D eigenvalue weighted by Gasteiger charge is 2.39. The Morgan fingerprint density at radius 3 is 2.72 bits per heavy atom. The fourth-order valence-corrected chi connectivity index (χ4v) is 4.27. The first kappa shape index (κ1) is 16.3. The maximum atomic E-state index is 11.9. The van der Waals surface area contributed by atoms with Crippen molar-refractivity contribution in [1.29, 1.82) is 0 Å². The van der Waals surface area contributed by atoms with Gasteiger partial charge in [-0.25, -0.2) is 0 Å². The van der Waals surface area contributed by atoms with Crippen molar-refractivity contribution in [1.82, 2.24) is 19.9 Å². The Morgan fingerprint density at radius 1 is 1.16 bits per heavy atom.